The highest BCUT2D eigenvalue weighted by Crippen LogP contribution is 2.17. The molecule has 0 amide bonds. The molecule has 112 valence electrons. The molecule has 0 aliphatic carbocycles. The molecule has 0 atom stereocenters. The summed E-state index contributed by atoms with van der Waals surface area (Å²) in [5.41, 5.74) is 3.01. The minimum absolute atomic E-state index is 0.378. The molecular formula is C19H22BNO. The quantitative estimate of drug-likeness (QED) is 0.325. The Morgan fingerprint density at radius 1 is 1.36 bits per heavy atom. The lowest BCUT2D eigenvalue weighted by Gasteiger charge is -2.13. The van der Waals surface area contributed by atoms with E-state index in [1.807, 2.05) is 12.1 Å². The van der Waals surface area contributed by atoms with Gasteiger partial charge in [-0.15, -0.1) is 0 Å². The zero-order valence-corrected chi connectivity index (χ0v) is 13.6. The van der Waals surface area contributed by atoms with Crippen LogP contribution in [0.1, 0.15) is 12.5 Å². The van der Waals surface area contributed by atoms with Crippen LogP contribution in [0.4, 0.5) is 0 Å². The molecule has 0 saturated carbocycles. The molecule has 0 radical (unpaired) electrons. The number of allylic oxidation sites excluding steroid dienone is 5. The summed E-state index contributed by atoms with van der Waals surface area (Å²) in [6.45, 7) is 14.3. The Morgan fingerprint density at radius 3 is 2.64 bits per heavy atom. The molecule has 0 spiro atoms. The highest BCUT2D eigenvalue weighted by atomic mass is 16.5. The van der Waals surface area contributed by atoms with Crippen LogP contribution in [-0.2, 0) is 6.42 Å². The Hall–Kier alpha value is -2.47. The molecule has 3 heteroatoms. The first kappa shape index (κ1) is 17.6. The Labute approximate surface area is 134 Å². The Kier molecular flexibility index (Phi) is 6.99. The van der Waals surface area contributed by atoms with Crippen molar-refractivity contribution in [2.45, 2.75) is 27.0 Å². The van der Waals surface area contributed by atoms with E-state index in [4.69, 9.17) is 10.00 Å². The van der Waals surface area contributed by atoms with Crippen LogP contribution in [0.25, 0.3) is 0 Å². The van der Waals surface area contributed by atoms with Gasteiger partial charge in [-0.2, -0.15) is 5.26 Å². The van der Waals surface area contributed by atoms with E-state index in [0.29, 0.717) is 18.0 Å². The van der Waals surface area contributed by atoms with Gasteiger partial charge in [-0.1, -0.05) is 56.9 Å². The molecule has 22 heavy (non-hydrogen) atoms. The maximum atomic E-state index is 8.74. The van der Waals surface area contributed by atoms with Gasteiger partial charge in [-0.25, -0.2) is 0 Å². The first-order valence-corrected chi connectivity index (χ1v) is 7.42. The molecule has 0 saturated heterocycles. The number of rotatable bonds is 7. The molecular weight excluding hydrogens is 269 g/mol. The molecule has 0 aliphatic heterocycles. The van der Waals surface area contributed by atoms with Crippen molar-refractivity contribution in [3.05, 3.63) is 72.6 Å². The predicted octanol–water partition coefficient (Wildman–Crippen LogP) is 4.30. The highest BCUT2D eigenvalue weighted by Gasteiger charge is 2.09. The van der Waals surface area contributed by atoms with Crippen LogP contribution in [0.2, 0.25) is 13.6 Å². The van der Waals surface area contributed by atoms with Crippen LogP contribution >= 0.6 is 0 Å². The fourth-order valence-electron chi connectivity index (χ4n) is 2.11. The molecule has 2 nitrogen and oxygen atoms in total. The molecule has 0 fully saturated rings. The molecule has 0 heterocycles. The lowest BCUT2D eigenvalue weighted by molar-refractivity contribution is 0.444. The topological polar surface area (TPSA) is 33.0 Å². The average Bonchev–Trinajstić information content (AvgIpc) is 2.51. The van der Waals surface area contributed by atoms with E-state index < -0.39 is 0 Å². The monoisotopic (exact) mass is 291 g/mol. The van der Waals surface area contributed by atoms with E-state index in [9.17, 15) is 0 Å². The number of nitrogens with zero attached hydrogens (tertiary/aromatic N) is 1. The minimum Gasteiger partial charge on any atom is -0.457 e. The maximum absolute atomic E-state index is 8.74. The van der Waals surface area contributed by atoms with Gasteiger partial charge in [0.2, 0.25) is 0 Å². The SMILES string of the molecule is C=C/C=C(\C=C/C(=C)C#N)Oc1ccc(B(C)C)c(CC)c1. The van der Waals surface area contributed by atoms with Crippen LogP contribution < -0.4 is 10.2 Å². The fraction of sp³-hybridized carbons (Fsp3) is 0.211. The minimum atomic E-state index is 0.378. The zero-order valence-electron chi connectivity index (χ0n) is 13.6. The maximum Gasteiger partial charge on any atom is 0.169 e. The normalized spacial score (nSPS) is 11.1. The van der Waals surface area contributed by atoms with Crippen molar-refractivity contribution in [1.29, 1.82) is 5.26 Å². The first-order chi connectivity index (χ1) is 10.5. The van der Waals surface area contributed by atoms with Crippen molar-refractivity contribution in [2.75, 3.05) is 0 Å². The molecule has 0 bridgehead atoms. The largest absolute Gasteiger partial charge is 0.457 e. The van der Waals surface area contributed by atoms with Crippen molar-refractivity contribution in [2.24, 2.45) is 0 Å². The van der Waals surface area contributed by atoms with Crippen LogP contribution in [0.15, 0.2) is 67.0 Å². The van der Waals surface area contributed by atoms with Gasteiger partial charge in [0.15, 0.2) is 6.71 Å². The van der Waals surface area contributed by atoms with E-state index in [-0.39, 0.29) is 0 Å². The summed E-state index contributed by atoms with van der Waals surface area (Å²) in [6.07, 6.45) is 7.71. The lowest BCUT2D eigenvalue weighted by Crippen LogP contribution is -2.26. The van der Waals surface area contributed by atoms with Gasteiger partial charge in [-0.3, -0.25) is 0 Å². The number of aryl methyl sites for hydroxylation is 1. The average molecular weight is 291 g/mol. The summed E-state index contributed by atoms with van der Waals surface area (Å²) in [5.74, 6) is 1.40. The molecule has 0 aliphatic rings. The van der Waals surface area contributed by atoms with Crippen LogP contribution in [0, 0.1) is 11.3 Å². The van der Waals surface area contributed by atoms with Crippen molar-refractivity contribution in [1.82, 2.24) is 0 Å². The Morgan fingerprint density at radius 2 is 2.09 bits per heavy atom. The molecule has 1 aromatic rings. The number of ether oxygens (including phenoxy) is 1. The summed E-state index contributed by atoms with van der Waals surface area (Å²) in [5, 5.41) is 8.74. The second-order valence-electron chi connectivity index (χ2n) is 5.25. The smallest absolute Gasteiger partial charge is 0.169 e. The van der Waals surface area contributed by atoms with Crippen LogP contribution in [0.5, 0.6) is 5.75 Å². The third kappa shape index (κ3) is 5.14. The second-order valence-corrected chi connectivity index (χ2v) is 5.25. The molecule has 0 unspecified atom stereocenters. The molecule has 0 aromatic heterocycles. The number of nitriles is 1. The van der Waals surface area contributed by atoms with Gasteiger partial charge < -0.3 is 4.74 Å². The second kappa shape index (κ2) is 8.74. The third-order valence-corrected chi connectivity index (χ3v) is 3.23. The van der Waals surface area contributed by atoms with Crippen LogP contribution in [0.3, 0.4) is 0 Å². The van der Waals surface area contributed by atoms with Crippen molar-refractivity contribution < 1.29 is 4.74 Å². The van der Waals surface area contributed by atoms with Crippen molar-refractivity contribution >= 4 is 12.2 Å². The highest BCUT2D eigenvalue weighted by molar-refractivity contribution is 6.71. The third-order valence-electron chi connectivity index (χ3n) is 3.23. The molecule has 0 N–H and O–H groups in total. The van der Waals surface area contributed by atoms with E-state index in [1.165, 1.54) is 11.0 Å². The summed E-state index contributed by atoms with van der Waals surface area (Å²) in [6, 6.07) is 8.13. The zero-order chi connectivity index (χ0) is 16.5. The van der Waals surface area contributed by atoms with E-state index in [0.717, 1.165) is 12.2 Å². The van der Waals surface area contributed by atoms with Gasteiger partial charge in [0.25, 0.3) is 0 Å². The standard InChI is InChI=1S/C19H22BNO/c1-6-8-17(10-9-15(3)14-21)22-18-11-12-19(20(4)5)16(7-2)13-18/h6,8-13H,1,3,7H2,2,4-5H3/b10-9-,17-8+. The Bertz CT molecular complexity index is 648. The van der Waals surface area contributed by atoms with Crippen LogP contribution in [-0.4, -0.2) is 6.71 Å². The molecule has 1 aromatic carbocycles. The summed E-state index contributed by atoms with van der Waals surface area (Å²) in [4.78, 5) is 0. The Balaban J connectivity index is 3.03. The van der Waals surface area contributed by atoms with Crippen molar-refractivity contribution in [3.63, 3.8) is 0 Å². The predicted molar refractivity (Wildman–Crippen MR) is 95.7 cm³/mol. The molecule has 1 rings (SSSR count). The summed E-state index contributed by atoms with van der Waals surface area (Å²) in [7, 11) is 0. The van der Waals surface area contributed by atoms with Gasteiger partial charge >= 0.3 is 0 Å². The van der Waals surface area contributed by atoms with Gasteiger partial charge in [-0.05, 0) is 36.8 Å². The summed E-state index contributed by atoms with van der Waals surface area (Å²) >= 11 is 0. The number of hydrogen-bond donors (Lipinski definition) is 0. The summed E-state index contributed by atoms with van der Waals surface area (Å²) < 4.78 is 5.88. The van der Waals surface area contributed by atoms with E-state index in [1.54, 1.807) is 24.3 Å². The lowest BCUT2D eigenvalue weighted by atomic mass is 9.48. The fourth-order valence-corrected chi connectivity index (χ4v) is 2.11. The van der Waals surface area contributed by atoms with E-state index in [2.05, 4.69) is 45.9 Å². The van der Waals surface area contributed by atoms with Gasteiger partial charge in [0.05, 0.1) is 6.07 Å². The van der Waals surface area contributed by atoms with Gasteiger partial charge in [0.1, 0.15) is 11.5 Å². The van der Waals surface area contributed by atoms with Gasteiger partial charge in [0, 0.05) is 5.57 Å². The van der Waals surface area contributed by atoms with Crippen molar-refractivity contribution in [3.8, 4) is 11.8 Å². The first-order valence-electron chi connectivity index (χ1n) is 7.42. The number of hydrogen-bond acceptors (Lipinski definition) is 2. The van der Waals surface area contributed by atoms with E-state index >= 15 is 0 Å². The number of benzene rings is 1.